The molecule has 11 nitrogen and oxygen atoms in total. The van der Waals surface area contributed by atoms with E-state index >= 15 is 0 Å². The Hall–Kier alpha value is -3.74. The maximum absolute atomic E-state index is 14.2. The number of hydrogen-bond donors (Lipinski definition) is 2. The topological polar surface area (TPSA) is 144 Å². The Bertz CT molecular complexity index is 1800. The van der Waals surface area contributed by atoms with Gasteiger partial charge < -0.3 is 19.7 Å². The first-order valence-corrected chi connectivity index (χ1v) is 19.1. The minimum Gasteiger partial charge on any atom is -0.491 e. The minimum atomic E-state index is -4.30. The summed E-state index contributed by atoms with van der Waals surface area (Å²) in [6, 6.07) is 6.76. The maximum atomic E-state index is 14.2. The molecule has 0 bridgehead atoms. The van der Waals surface area contributed by atoms with Gasteiger partial charge in [0.05, 0.1) is 18.8 Å². The van der Waals surface area contributed by atoms with Gasteiger partial charge in [-0.2, -0.15) is 0 Å². The van der Waals surface area contributed by atoms with Gasteiger partial charge in [-0.25, -0.2) is 17.8 Å². The number of allylic oxidation sites excluding steroid dienone is 1. The highest BCUT2D eigenvalue weighted by molar-refractivity contribution is 7.91. The van der Waals surface area contributed by atoms with Gasteiger partial charge in [0.25, 0.3) is 5.91 Å². The van der Waals surface area contributed by atoms with E-state index in [-0.39, 0.29) is 50.5 Å². The number of aromatic nitrogens is 1. The summed E-state index contributed by atoms with van der Waals surface area (Å²) in [5.74, 6) is -0.448. The van der Waals surface area contributed by atoms with E-state index in [1.54, 1.807) is 4.90 Å². The van der Waals surface area contributed by atoms with Crippen molar-refractivity contribution in [2.45, 2.75) is 100 Å². The van der Waals surface area contributed by atoms with Gasteiger partial charge in [0.2, 0.25) is 27.7 Å². The van der Waals surface area contributed by atoms with Gasteiger partial charge in [-0.15, -0.1) is 0 Å². The summed E-state index contributed by atoms with van der Waals surface area (Å²) in [7, 11) is -4.30. The maximum Gasteiger partial charge on any atom is 0.259 e. The van der Waals surface area contributed by atoms with Crippen LogP contribution < -0.4 is 19.5 Å². The van der Waals surface area contributed by atoms with Crippen molar-refractivity contribution in [3.8, 4) is 11.6 Å². The third kappa shape index (κ3) is 6.39. The van der Waals surface area contributed by atoms with E-state index in [0.29, 0.717) is 18.4 Å². The summed E-state index contributed by atoms with van der Waals surface area (Å²) >= 11 is 0. The smallest absolute Gasteiger partial charge is 0.259 e. The first kappa shape index (κ1) is 33.7. The van der Waals surface area contributed by atoms with Crippen LogP contribution in [0, 0.1) is 17.8 Å². The molecular weight excluding hydrogens is 651 g/mol. The van der Waals surface area contributed by atoms with E-state index in [9.17, 15) is 27.2 Å². The number of fused-ring (bicyclic) bond motifs is 5. The lowest BCUT2D eigenvalue weighted by Crippen LogP contribution is -2.57. The number of nitrogens with one attached hydrogen (secondary N) is 2. The lowest BCUT2D eigenvalue weighted by Gasteiger charge is -2.28. The Balaban J connectivity index is 1.18. The molecule has 1 saturated heterocycles. The monoisotopic (exact) mass is 696 g/mol. The standard InChI is InChI=1S/C36H45FN4O7S/c1-22-8-3-4-9-24-19-36(24,34(44)40-49(45,46)35(21-37)13-14-35)39-32(43)29-18-25(20-41(29)30(42)17-23(2)16-22)48-33-27-11-6-5-10-26(27)31-28(38-33)12-7-15-47-31/h4-6,9-11,22-25,29H,3,7-8,12-21H2,1-2H3,(H,39,43)(H,40,44)/b9-4-/t22-,23+,24+,25+,29-,36+/m0/s1. The molecule has 2 aliphatic carbocycles. The number of pyridine rings is 1. The molecule has 1 aromatic carbocycles. The number of aryl methyl sites for hydroxylation is 1. The summed E-state index contributed by atoms with van der Waals surface area (Å²) in [6.45, 7) is 3.88. The molecule has 2 N–H and O–H groups in total. The van der Waals surface area contributed by atoms with Crippen LogP contribution in [-0.4, -0.2) is 78.3 Å². The first-order chi connectivity index (χ1) is 23.4. The molecule has 1 aromatic heterocycles. The largest absolute Gasteiger partial charge is 0.491 e. The van der Waals surface area contributed by atoms with Crippen molar-refractivity contribution in [1.29, 1.82) is 0 Å². The predicted molar refractivity (Wildman–Crippen MR) is 180 cm³/mol. The highest BCUT2D eigenvalue weighted by Crippen LogP contribution is 2.48. The van der Waals surface area contributed by atoms with Crippen LogP contribution in [0.25, 0.3) is 10.8 Å². The molecule has 3 aliphatic heterocycles. The molecule has 5 aliphatic rings. The zero-order valence-electron chi connectivity index (χ0n) is 28.1. The van der Waals surface area contributed by atoms with Gasteiger partial charge in [-0.3, -0.25) is 19.1 Å². The molecule has 0 unspecified atom stereocenters. The van der Waals surface area contributed by atoms with Crippen LogP contribution in [0.2, 0.25) is 0 Å². The number of sulfonamides is 1. The van der Waals surface area contributed by atoms with Gasteiger partial charge in [-0.1, -0.05) is 44.2 Å². The number of ether oxygens (including phenoxy) is 2. The second-order valence-corrected chi connectivity index (χ2v) is 17.0. The highest BCUT2D eigenvalue weighted by Gasteiger charge is 2.64. The zero-order valence-corrected chi connectivity index (χ0v) is 28.9. The van der Waals surface area contributed by atoms with Crippen molar-refractivity contribution in [2.24, 2.45) is 17.8 Å². The molecule has 13 heteroatoms. The Labute approximate surface area is 286 Å². The average Bonchev–Trinajstić information content (AvgIpc) is 3.98. The highest BCUT2D eigenvalue weighted by atomic mass is 32.2. The van der Waals surface area contributed by atoms with Crippen molar-refractivity contribution in [3.63, 3.8) is 0 Å². The zero-order chi connectivity index (χ0) is 34.6. The lowest BCUT2D eigenvalue weighted by molar-refractivity contribution is -0.140. The van der Waals surface area contributed by atoms with Gasteiger partial charge in [0, 0.05) is 29.5 Å². The molecular formula is C36H45FN4O7S. The van der Waals surface area contributed by atoms with Crippen LogP contribution in [0.3, 0.4) is 0 Å². The number of nitrogens with zero attached hydrogens (tertiary/aromatic N) is 2. The summed E-state index contributed by atoms with van der Waals surface area (Å²) in [4.78, 5) is 48.2. The van der Waals surface area contributed by atoms with Crippen LogP contribution in [0.5, 0.6) is 11.6 Å². The number of rotatable bonds is 6. The summed E-state index contributed by atoms with van der Waals surface area (Å²) in [5.41, 5.74) is -0.725. The predicted octanol–water partition coefficient (Wildman–Crippen LogP) is 4.13. The molecule has 3 amide bonds. The van der Waals surface area contributed by atoms with Gasteiger partial charge in [0.15, 0.2) is 0 Å². The fourth-order valence-electron chi connectivity index (χ4n) is 7.82. The second kappa shape index (κ2) is 12.9. The SMILES string of the molecule is C[C@H]1CC/C=C\[C@@H]2C[C@@]2(C(=O)NS(=O)(=O)C2(CF)CC2)NC(=O)[C@@H]2C[C@@H](Oc3nc4c(c5ccccc35)OCCC4)CN2C(=O)C[C@H](C)C1. The van der Waals surface area contributed by atoms with Crippen LogP contribution in [0.4, 0.5) is 4.39 Å². The fourth-order valence-corrected chi connectivity index (χ4v) is 9.25. The molecule has 49 heavy (non-hydrogen) atoms. The quantitative estimate of drug-likeness (QED) is 0.430. The number of carbonyl (C=O) groups excluding carboxylic acids is 3. The van der Waals surface area contributed by atoms with E-state index in [1.165, 1.54) is 0 Å². The van der Waals surface area contributed by atoms with E-state index in [4.69, 9.17) is 14.5 Å². The second-order valence-electron chi connectivity index (χ2n) is 14.9. The fraction of sp³-hybridized carbons (Fsp3) is 0.611. The van der Waals surface area contributed by atoms with E-state index in [1.807, 2.05) is 43.3 Å². The van der Waals surface area contributed by atoms with Crippen LogP contribution in [-0.2, 0) is 30.8 Å². The number of hydrogen-bond acceptors (Lipinski definition) is 8. The van der Waals surface area contributed by atoms with Crippen molar-refractivity contribution in [1.82, 2.24) is 19.9 Å². The summed E-state index contributed by atoms with van der Waals surface area (Å²) < 4.78 is 52.8. The molecule has 264 valence electrons. The Morgan fingerprint density at radius 3 is 2.69 bits per heavy atom. The number of benzene rings is 1. The van der Waals surface area contributed by atoms with Gasteiger partial charge >= 0.3 is 0 Å². The van der Waals surface area contributed by atoms with E-state index in [2.05, 4.69) is 17.0 Å². The third-order valence-electron chi connectivity index (χ3n) is 11.0. The summed E-state index contributed by atoms with van der Waals surface area (Å²) in [5, 5.41) is 4.54. The van der Waals surface area contributed by atoms with Crippen LogP contribution in [0.15, 0.2) is 36.4 Å². The Kier molecular flexibility index (Phi) is 8.85. The molecule has 4 heterocycles. The van der Waals surface area contributed by atoms with E-state index < -0.39 is 56.9 Å². The Morgan fingerprint density at radius 2 is 1.94 bits per heavy atom. The molecule has 7 rings (SSSR count). The van der Waals surface area contributed by atoms with Crippen LogP contribution in [0.1, 0.15) is 77.3 Å². The third-order valence-corrected chi connectivity index (χ3v) is 13.1. The minimum absolute atomic E-state index is 0.0903. The van der Waals surface area contributed by atoms with Gasteiger partial charge in [-0.05, 0) is 69.3 Å². The lowest BCUT2D eigenvalue weighted by atomic mass is 9.91. The molecule has 3 fully saturated rings. The molecule has 6 atom stereocenters. The molecule has 0 spiro atoms. The van der Waals surface area contributed by atoms with Gasteiger partial charge in [0.1, 0.15) is 34.9 Å². The van der Waals surface area contributed by atoms with Crippen molar-refractivity contribution in [2.75, 3.05) is 19.8 Å². The van der Waals surface area contributed by atoms with Crippen molar-refractivity contribution in [3.05, 3.63) is 42.1 Å². The molecule has 2 aromatic rings. The number of alkyl halides is 1. The molecule has 0 radical (unpaired) electrons. The average molecular weight is 697 g/mol. The molecule has 2 saturated carbocycles. The van der Waals surface area contributed by atoms with Crippen LogP contribution >= 0.6 is 0 Å². The Morgan fingerprint density at radius 1 is 1.16 bits per heavy atom. The van der Waals surface area contributed by atoms with Crippen molar-refractivity contribution < 1.29 is 36.7 Å². The van der Waals surface area contributed by atoms with Crippen molar-refractivity contribution >= 4 is 38.5 Å². The number of amides is 3. The van der Waals surface area contributed by atoms with E-state index in [0.717, 1.165) is 54.3 Å². The number of carbonyl (C=O) groups is 3. The first-order valence-electron chi connectivity index (χ1n) is 17.6. The summed E-state index contributed by atoms with van der Waals surface area (Å²) in [6.07, 6.45) is 8.22. The normalized spacial score (nSPS) is 31.9. The number of halogens is 1.